The molecule has 120 valence electrons. The number of fused-ring (bicyclic) bond motifs is 1. The van der Waals surface area contributed by atoms with Crippen LogP contribution in [0.1, 0.15) is 19.3 Å². The fourth-order valence-electron chi connectivity index (χ4n) is 3.16. The molecule has 1 atom stereocenters. The second-order valence-corrected chi connectivity index (χ2v) is 5.83. The van der Waals surface area contributed by atoms with Crippen molar-refractivity contribution in [3.05, 3.63) is 46.8 Å². The minimum atomic E-state index is -0.526. The van der Waals surface area contributed by atoms with E-state index in [-0.39, 0.29) is 17.9 Å². The third-order valence-electron chi connectivity index (χ3n) is 4.34. The minimum Gasteiger partial charge on any atom is -0.368 e. The van der Waals surface area contributed by atoms with E-state index in [1.54, 1.807) is 27.8 Å². The molecule has 1 aromatic heterocycles. The zero-order valence-electron chi connectivity index (χ0n) is 12.8. The van der Waals surface area contributed by atoms with Crippen LogP contribution in [0.3, 0.4) is 0 Å². The van der Waals surface area contributed by atoms with Crippen LogP contribution < -0.4 is 11.2 Å². The first-order valence-electron chi connectivity index (χ1n) is 7.75. The first-order valence-corrected chi connectivity index (χ1v) is 7.75. The number of likely N-dealkylation sites (tertiary alicyclic amines) is 1. The predicted octanol–water partition coefficient (Wildman–Crippen LogP) is 0.868. The molecule has 2 N–H and O–H groups in total. The monoisotopic (exact) mass is 313 g/mol. The molecule has 1 saturated heterocycles. The van der Waals surface area contributed by atoms with E-state index in [1.165, 1.54) is 6.07 Å². The summed E-state index contributed by atoms with van der Waals surface area (Å²) in [5, 5.41) is 0.577. The molecule has 0 spiro atoms. The Hall–Kier alpha value is -2.63. The molecule has 0 radical (unpaired) electrons. The summed E-state index contributed by atoms with van der Waals surface area (Å²) in [4.78, 5) is 37.6. The number of benzene rings is 1. The highest BCUT2D eigenvalue weighted by Crippen LogP contribution is 2.18. The average Bonchev–Trinajstić information content (AvgIpc) is 2.57. The number of nitrogens with two attached hydrogens (primary N) is 1. The quantitative estimate of drug-likeness (QED) is 0.912. The molecule has 0 saturated carbocycles. The van der Waals surface area contributed by atoms with Gasteiger partial charge in [-0.3, -0.25) is 14.4 Å². The van der Waals surface area contributed by atoms with Gasteiger partial charge in [-0.05, 0) is 31.4 Å². The van der Waals surface area contributed by atoms with E-state index in [1.807, 2.05) is 12.1 Å². The Labute approximate surface area is 133 Å². The lowest BCUT2D eigenvalue weighted by Gasteiger charge is -2.34. The van der Waals surface area contributed by atoms with Crippen molar-refractivity contribution in [2.75, 3.05) is 6.54 Å². The number of hydrogen-bond donors (Lipinski definition) is 1. The van der Waals surface area contributed by atoms with Gasteiger partial charge in [-0.1, -0.05) is 12.1 Å². The van der Waals surface area contributed by atoms with Gasteiger partial charge in [0.2, 0.25) is 11.8 Å². The second kappa shape index (κ2) is 6.24. The maximum Gasteiger partial charge on any atom is 0.243 e. The van der Waals surface area contributed by atoms with Crippen molar-refractivity contribution in [3.8, 4) is 0 Å². The van der Waals surface area contributed by atoms with E-state index >= 15 is 0 Å². The number of piperidine rings is 1. The molecule has 2 heterocycles. The van der Waals surface area contributed by atoms with Gasteiger partial charge >= 0.3 is 0 Å². The summed E-state index contributed by atoms with van der Waals surface area (Å²) in [6, 6.07) is 8.11. The first kappa shape index (κ1) is 15.3. The lowest BCUT2D eigenvalue weighted by atomic mass is 10.0. The Morgan fingerprint density at radius 3 is 2.74 bits per heavy atom. The maximum atomic E-state index is 12.6. The third-order valence-corrected chi connectivity index (χ3v) is 4.34. The predicted molar refractivity (Wildman–Crippen MR) is 86.8 cm³/mol. The second-order valence-electron chi connectivity index (χ2n) is 5.83. The molecular weight excluding hydrogens is 294 g/mol. The molecule has 6 nitrogen and oxygen atoms in total. The van der Waals surface area contributed by atoms with E-state index in [0.717, 1.165) is 12.8 Å². The van der Waals surface area contributed by atoms with Crippen LogP contribution in [0.2, 0.25) is 0 Å². The van der Waals surface area contributed by atoms with Crippen LogP contribution in [0, 0.1) is 0 Å². The van der Waals surface area contributed by atoms with Gasteiger partial charge in [0.25, 0.3) is 0 Å². The molecular formula is C17H19N3O3. The van der Waals surface area contributed by atoms with Gasteiger partial charge < -0.3 is 15.2 Å². The number of amides is 2. The summed E-state index contributed by atoms with van der Waals surface area (Å²) >= 11 is 0. The van der Waals surface area contributed by atoms with Crippen molar-refractivity contribution in [2.45, 2.75) is 31.8 Å². The van der Waals surface area contributed by atoms with E-state index in [9.17, 15) is 14.4 Å². The highest BCUT2D eigenvalue weighted by molar-refractivity contribution is 5.87. The zero-order valence-corrected chi connectivity index (χ0v) is 12.8. The van der Waals surface area contributed by atoms with Gasteiger partial charge in [-0.2, -0.15) is 0 Å². The van der Waals surface area contributed by atoms with Crippen molar-refractivity contribution < 1.29 is 9.59 Å². The molecule has 0 aliphatic carbocycles. The molecule has 3 rings (SSSR count). The fraction of sp³-hybridized carbons (Fsp3) is 0.353. The Morgan fingerprint density at radius 2 is 1.96 bits per heavy atom. The number of rotatable bonds is 3. The topological polar surface area (TPSA) is 85.4 Å². The van der Waals surface area contributed by atoms with E-state index in [0.29, 0.717) is 23.9 Å². The number of aromatic nitrogens is 1. The number of carbonyl (C=O) groups is 2. The van der Waals surface area contributed by atoms with Crippen molar-refractivity contribution in [3.63, 3.8) is 0 Å². The van der Waals surface area contributed by atoms with E-state index in [2.05, 4.69) is 0 Å². The summed E-state index contributed by atoms with van der Waals surface area (Å²) in [5.74, 6) is -0.606. The molecule has 1 aliphatic heterocycles. The molecule has 0 bridgehead atoms. The Balaban J connectivity index is 1.90. The largest absolute Gasteiger partial charge is 0.368 e. The first-order chi connectivity index (χ1) is 11.1. The summed E-state index contributed by atoms with van der Waals surface area (Å²) in [7, 11) is 0. The number of para-hydroxylation sites is 1. The number of primary amides is 1. The van der Waals surface area contributed by atoms with Crippen LogP contribution in [-0.4, -0.2) is 33.9 Å². The molecule has 1 aliphatic rings. The number of pyridine rings is 1. The number of nitrogens with zero attached hydrogens (tertiary/aromatic N) is 2. The van der Waals surface area contributed by atoms with Gasteiger partial charge in [-0.15, -0.1) is 0 Å². The summed E-state index contributed by atoms with van der Waals surface area (Å²) in [6.07, 6.45) is 4.01. The fourth-order valence-corrected chi connectivity index (χ4v) is 3.16. The van der Waals surface area contributed by atoms with Gasteiger partial charge in [-0.25, -0.2) is 0 Å². The van der Waals surface area contributed by atoms with Gasteiger partial charge in [0.1, 0.15) is 12.6 Å². The van der Waals surface area contributed by atoms with E-state index in [4.69, 9.17) is 5.73 Å². The van der Waals surface area contributed by atoms with Gasteiger partial charge in [0.05, 0.1) is 5.52 Å². The Kier molecular flexibility index (Phi) is 4.14. The average molecular weight is 313 g/mol. The normalized spacial score (nSPS) is 18.1. The van der Waals surface area contributed by atoms with Crippen molar-refractivity contribution in [1.82, 2.24) is 9.47 Å². The Bertz CT molecular complexity index is 812. The molecule has 2 aromatic rings. The Morgan fingerprint density at radius 1 is 1.17 bits per heavy atom. The van der Waals surface area contributed by atoms with Crippen molar-refractivity contribution in [1.29, 1.82) is 0 Å². The van der Waals surface area contributed by atoms with Crippen molar-refractivity contribution in [2.24, 2.45) is 5.73 Å². The smallest absolute Gasteiger partial charge is 0.243 e. The van der Waals surface area contributed by atoms with Crippen LogP contribution in [0.25, 0.3) is 10.9 Å². The molecule has 2 amide bonds. The SMILES string of the molecule is NC(=O)C1CCCCN1C(=O)Cn1ccc(=O)c2ccccc21. The van der Waals surface area contributed by atoms with Crippen LogP contribution in [-0.2, 0) is 16.1 Å². The molecule has 23 heavy (non-hydrogen) atoms. The minimum absolute atomic E-state index is 0.0720. The van der Waals surface area contributed by atoms with Gasteiger partial charge in [0, 0.05) is 24.2 Å². The maximum absolute atomic E-state index is 12.6. The summed E-state index contributed by atoms with van der Waals surface area (Å²) in [6.45, 7) is 0.634. The zero-order chi connectivity index (χ0) is 16.4. The van der Waals surface area contributed by atoms with Crippen LogP contribution in [0.4, 0.5) is 0 Å². The summed E-state index contributed by atoms with van der Waals surface area (Å²) in [5.41, 5.74) is 6.06. The number of hydrogen-bond acceptors (Lipinski definition) is 3. The highest BCUT2D eigenvalue weighted by atomic mass is 16.2. The lowest BCUT2D eigenvalue weighted by molar-refractivity contribution is -0.141. The lowest BCUT2D eigenvalue weighted by Crippen LogP contribution is -2.51. The van der Waals surface area contributed by atoms with Gasteiger partial charge in [0.15, 0.2) is 5.43 Å². The molecule has 1 unspecified atom stereocenters. The van der Waals surface area contributed by atoms with Crippen LogP contribution in [0.5, 0.6) is 0 Å². The molecule has 1 aromatic carbocycles. The standard InChI is InChI=1S/C17H19N3O3/c18-17(23)14-7-3-4-9-20(14)16(22)11-19-10-8-15(21)12-5-1-2-6-13(12)19/h1-2,5-6,8,10,14H,3-4,7,9,11H2,(H2,18,23). The van der Waals surface area contributed by atoms with Crippen molar-refractivity contribution >= 4 is 22.7 Å². The molecule has 6 heteroatoms. The third kappa shape index (κ3) is 2.97. The van der Waals surface area contributed by atoms with E-state index < -0.39 is 11.9 Å². The highest BCUT2D eigenvalue weighted by Gasteiger charge is 2.30. The summed E-state index contributed by atoms with van der Waals surface area (Å²) < 4.78 is 1.74. The van der Waals surface area contributed by atoms with Crippen LogP contribution >= 0.6 is 0 Å². The molecule has 1 fully saturated rings. The van der Waals surface area contributed by atoms with Crippen LogP contribution in [0.15, 0.2) is 41.3 Å². The number of carbonyl (C=O) groups excluding carboxylic acids is 2.